The summed E-state index contributed by atoms with van der Waals surface area (Å²) in [6, 6.07) is -0.632. The van der Waals surface area contributed by atoms with E-state index in [-0.39, 0.29) is 18.5 Å². The summed E-state index contributed by atoms with van der Waals surface area (Å²) in [5, 5.41) is 23.3. The Balaban J connectivity index is 3.45. The highest BCUT2D eigenvalue weighted by molar-refractivity contribution is 5.76. The second-order valence-corrected chi connectivity index (χ2v) is 24.2. The van der Waals surface area contributed by atoms with Gasteiger partial charge < -0.3 is 20.3 Å². The first kappa shape index (κ1) is 76.1. The number of amides is 1. The first-order chi connectivity index (χ1) is 38.5. The number of allylic oxidation sites excluding steroid dienone is 5. The average Bonchev–Trinajstić information content (AvgIpc) is 3.44. The van der Waals surface area contributed by atoms with Crippen LogP contribution in [-0.2, 0) is 14.3 Å². The normalized spacial score (nSPS) is 12.7. The smallest absolute Gasteiger partial charge is 0.305 e. The number of carbonyl (C=O) groups excluding carboxylic acids is 2. The maximum atomic E-state index is 12.5. The first-order valence-corrected chi connectivity index (χ1v) is 35.3. The summed E-state index contributed by atoms with van der Waals surface area (Å²) < 4.78 is 5.48. The van der Waals surface area contributed by atoms with E-state index in [1.54, 1.807) is 6.08 Å². The van der Waals surface area contributed by atoms with E-state index < -0.39 is 12.1 Å². The zero-order chi connectivity index (χ0) is 56.4. The third-order valence-corrected chi connectivity index (χ3v) is 16.4. The number of hydrogen-bond donors (Lipinski definition) is 3. The van der Waals surface area contributed by atoms with Crippen molar-refractivity contribution < 1.29 is 24.5 Å². The van der Waals surface area contributed by atoms with Crippen LogP contribution in [0.3, 0.4) is 0 Å². The first-order valence-electron chi connectivity index (χ1n) is 35.3. The van der Waals surface area contributed by atoms with Crippen molar-refractivity contribution in [1.29, 1.82) is 0 Å². The Morgan fingerprint density at radius 1 is 0.359 bits per heavy atom. The van der Waals surface area contributed by atoms with Crippen LogP contribution in [-0.4, -0.2) is 47.4 Å². The van der Waals surface area contributed by atoms with Gasteiger partial charge in [-0.05, 0) is 64.2 Å². The Bertz CT molecular complexity index is 1260. The predicted octanol–water partition coefficient (Wildman–Crippen LogP) is 22.7. The van der Waals surface area contributed by atoms with Crippen LogP contribution in [0.5, 0.6) is 0 Å². The van der Waals surface area contributed by atoms with Crippen LogP contribution in [0, 0.1) is 0 Å². The van der Waals surface area contributed by atoms with E-state index in [2.05, 4.69) is 43.5 Å². The van der Waals surface area contributed by atoms with Gasteiger partial charge in [-0.3, -0.25) is 9.59 Å². The van der Waals surface area contributed by atoms with E-state index in [1.165, 1.54) is 315 Å². The lowest BCUT2D eigenvalue weighted by molar-refractivity contribution is -0.143. The molecule has 2 atom stereocenters. The number of aliphatic hydroxyl groups is 2. The Kier molecular flexibility index (Phi) is 65.9. The monoisotopic (exact) mass is 1100 g/mol. The molecule has 0 aliphatic carbocycles. The molecule has 0 fully saturated rings. The summed E-state index contributed by atoms with van der Waals surface area (Å²) >= 11 is 0. The highest BCUT2D eigenvalue weighted by Crippen LogP contribution is 2.18. The van der Waals surface area contributed by atoms with Crippen molar-refractivity contribution in [3.63, 3.8) is 0 Å². The van der Waals surface area contributed by atoms with Crippen LogP contribution in [0.4, 0.5) is 0 Å². The Morgan fingerprint density at radius 2 is 0.641 bits per heavy atom. The number of ether oxygens (including phenoxy) is 1. The van der Waals surface area contributed by atoms with Crippen molar-refractivity contribution in [2.24, 2.45) is 0 Å². The summed E-state index contributed by atoms with van der Waals surface area (Å²) in [6.45, 7) is 4.93. The van der Waals surface area contributed by atoms with Crippen molar-refractivity contribution in [3.8, 4) is 0 Å². The highest BCUT2D eigenvalue weighted by Gasteiger charge is 2.18. The molecule has 2 unspecified atom stereocenters. The molecular weight excluding hydrogens is 959 g/mol. The molecule has 0 saturated carbocycles. The molecule has 0 aromatic heterocycles. The molecule has 6 heteroatoms. The van der Waals surface area contributed by atoms with Gasteiger partial charge >= 0.3 is 5.97 Å². The standard InChI is InChI=1S/C72H137NO5/c1-3-5-7-9-11-13-15-17-18-19-20-21-29-32-35-38-41-44-48-52-56-60-64-70(75)69(68-74)73-71(76)65-61-57-53-49-45-42-39-36-33-30-27-25-23-22-24-26-28-31-34-37-40-43-47-51-55-59-63-67-78-72(77)66-62-58-54-50-46-16-14-12-10-8-6-4-2/h22-23,26,28,60,64,69-70,74-75H,3-21,24-25,27,29-59,61-63,65-68H2,1-2H3,(H,73,76)/b23-22-,28-26-,64-60+. The van der Waals surface area contributed by atoms with Gasteiger partial charge in [-0.2, -0.15) is 0 Å². The van der Waals surface area contributed by atoms with Crippen molar-refractivity contribution >= 4 is 11.9 Å². The molecule has 0 spiro atoms. The van der Waals surface area contributed by atoms with Crippen LogP contribution in [0.2, 0.25) is 0 Å². The minimum atomic E-state index is -0.848. The van der Waals surface area contributed by atoms with Gasteiger partial charge in [-0.25, -0.2) is 0 Å². The Morgan fingerprint density at radius 3 is 0.974 bits per heavy atom. The number of unbranched alkanes of at least 4 members (excludes halogenated alkanes) is 51. The van der Waals surface area contributed by atoms with Crippen LogP contribution < -0.4 is 5.32 Å². The van der Waals surface area contributed by atoms with Gasteiger partial charge in [0, 0.05) is 12.8 Å². The Labute approximate surface area is 487 Å². The van der Waals surface area contributed by atoms with Crippen LogP contribution in [0.25, 0.3) is 0 Å². The molecular formula is C72H137NO5. The quantitative estimate of drug-likeness (QED) is 0.0320. The van der Waals surface area contributed by atoms with Crippen molar-refractivity contribution in [2.45, 2.75) is 398 Å². The number of carbonyl (C=O) groups is 2. The van der Waals surface area contributed by atoms with Crippen molar-refractivity contribution in [1.82, 2.24) is 5.32 Å². The van der Waals surface area contributed by atoms with E-state index in [0.29, 0.717) is 19.4 Å². The van der Waals surface area contributed by atoms with E-state index in [0.717, 1.165) is 44.9 Å². The SMILES string of the molecule is CCCCCCCCCCCCCCCCCCCCCC/C=C/C(O)C(CO)NC(=O)CCCCCCCCCCCCC/C=C\C/C=C\CCCCCCCCCCCOC(=O)CCCCCCCCCCCCCC. The zero-order valence-electron chi connectivity index (χ0n) is 52.7. The van der Waals surface area contributed by atoms with Crippen molar-refractivity contribution in [2.75, 3.05) is 13.2 Å². The second kappa shape index (κ2) is 67.6. The largest absolute Gasteiger partial charge is 0.466 e. The summed E-state index contributed by atoms with van der Waals surface area (Å²) in [5.41, 5.74) is 0. The number of esters is 1. The van der Waals surface area contributed by atoms with E-state index in [4.69, 9.17) is 4.74 Å². The number of rotatable bonds is 66. The van der Waals surface area contributed by atoms with Gasteiger partial charge in [-0.1, -0.05) is 346 Å². The van der Waals surface area contributed by atoms with Crippen LogP contribution >= 0.6 is 0 Å². The molecule has 6 nitrogen and oxygen atoms in total. The molecule has 1 amide bonds. The molecule has 0 aromatic rings. The second-order valence-electron chi connectivity index (χ2n) is 24.2. The third-order valence-electron chi connectivity index (χ3n) is 16.4. The van der Waals surface area contributed by atoms with Gasteiger partial charge in [0.25, 0.3) is 0 Å². The molecule has 78 heavy (non-hydrogen) atoms. The van der Waals surface area contributed by atoms with Crippen LogP contribution in [0.1, 0.15) is 386 Å². The fourth-order valence-corrected chi connectivity index (χ4v) is 11.0. The topological polar surface area (TPSA) is 95.9 Å². The molecule has 0 radical (unpaired) electrons. The molecule has 3 N–H and O–H groups in total. The third kappa shape index (κ3) is 63.3. The Hall–Kier alpha value is -1.92. The maximum absolute atomic E-state index is 12.5. The van der Waals surface area contributed by atoms with E-state index in [9.17, 15) is 19.8 Å². The summed E-state index contributed by atoms with van der Waals surface area (Å²) in [6.07, 6.45) is 86.5. The van der Waals surface area contributed by atoms with Crippen LogP contribution in [0.15, 0.2) is 36.5 Å². The maximum Gasteiger partial charge on any atom is 0.305 e. The molecule has 0 bridgehead atoms. The summed E-state index contributed by atoms with van der Waals surface area (Å²) in [5.74, 6) is -0.0561. The molecule has 0 heterocycles. The van der Waals surface area contributed by atoms with Crippen molar-refractivity contribution in [3.05, 3.63) is 36.5 Å². The zero-order valence-corrected chi connectivity index (χ0v) is 52.7. The molecule has 0 aliphatic heterocycles. The van der Waals surface area contributed by atoms with Gasteiger partial charge in [0.2, 0.25) is 5.91 Å². The fraction of sp³-hybridized carbons (Fsp3) is 0.889. The van der Waals surface area contributed by atoms with Gasteiger partial charge in [0.1, 0.15) is 0 Å². The molecule has 0 aromatic carbocycles. The fourth-order valence-electron chi connectivity index (χ4n) is 11.0. The lowest BCUT2D eigenvalue weighted by atomic mass is 10.0. The van der Waals surface area contributed by atoms with E-state index >= 15 is 0 Å². The predicted molar refractivity (Wildman–Crippen MR) is 343 cm³/mol. The van der Waals surface area contributed by atoms with Gasteiger partial charge in [-0.15, -0.1) is 0 Å². The number of hydrogen-bond acceptors (Lipinski definition) is 5. The lowest BCUT2D eigenvalue weighted by Crippen LogP contribution is -2.45. The van der Waals surface area contributed by atoms with Gasteiger partial charge in [0.15, 0.2) is 0 Å². The van der Waals surface area contributed by atoms with E-state index in [1.807, 2.05) is 6.08 Å². The summed E-state index contributed by atoms with van der Waals surface area (Å²) in [4.78, 5) is 24.5. The van der Waals surface area contributed by atoms with Gasteiger partial charge in [0.05, 0.1) is 25.4 Å². The lowest BCUT2D eigenvalue weighted by Gasteiger charge is -2.20. The summed E-state index contributed by atoms with van der Waals surface area (Å²) in [7, 11) is 0. The number of nitrogens with one attached hydrogen (secondary N) is 1. The highest BCUT2D eigenvalue weighted by atomic mass is 16.5. The minimum Gasteiger partial charge on any atom is -0.466 e. The minimum absolute atomic E-state index is 0.0113. The molecule has 0 rings (SSSR count). The molecule has 0 aliphatic rings. The number of aliphatic hydroxyl groups excluding tert-OH is 2. The average molecular weight is 1100 g/mol. The molecule has 0 saturated heterocycles. The molecule has 460 valence electrons.